The fourth-order valence-corrected chi connectivity index (χ4v) is 2.42. The standard InChI is InChI=1S/C16H16ClN5O2/c1-2-5-10-8-13(21-20-10)16(23)18-9-14-19-15(22-24-14)11-6-3-4-7-12(11)17/h3-4,6-8H,2,5,9H2,1H3,(H,18,23)(H,20,21). The average Bonchev–Trinajstić information content (AvgIpc) is 3.23. The zero-order valence-electron chi connectivity index (χ0n) is 13.0. The number of rotatable bonds is 6. The van der Waals surface area contributed by atoms with Gasteiger partial charge >= 0.3 is 0 Å². The van der Waals surface area contributed by atoms with Gasteiger partial charge in [0.25, 0.3) is 5.91 Å². The van der Waals surface area contributed by atoms with Crippen molar-refractivity contribution in [3.8, 4) is 11.4 Å². The van der Waals surface area contributed by atoms with Crippen LogP contribution in [0.15, 0.2) is 34.9 Å². The molecule has 0 saturated carbocycles. The van der Waals surface area contributed by atoms with Crippen LogP contribution < -0.4 is 5.32 Å². The molecule has 0 radical (unpaired) electrons. The summed E-state index contributed by atoms with van der Waals surface area (Å²) in [6, 6.07) is 8.95. The van der Waals surface area contributed by atoms with Crippen molar-refractivity contribution >= 4 is 17.5 Å². The summed E-state index contributed by atoms with van der Waals surface area (Å²) in [5.41, 5.74) is 1.95. The van der Waals surface area contributed by atoms with Gasteiger partial charge in [0.2, 0.25) is 11.7 Å². The van der Waals surface area contributed by atoms with Gasteiger partial charge in [-0.1, -0.05) is 42.2 Å². The number of aromatic amines is 1. The first-order valence-corrected chi connectivity index (χ1v) is 7.95. The molecule has 0 aliphatic heterocycles. The number of carbonyl (C=O) groups excluding carboxylic acids is 1. The van der Waals surface area contributed by atoms with Crippen LogP contribution >= 0.6 is 11.6 Å². The number of carbonyl (C=O) groups is 1. The number of hydrogen-bond donors (Lipinski definition) is 2. The molecule has 0 aliphatic rings. The van der Waals surface area contributed by atoms with E-state index in [4.69, 9.17) is 16.1 Å². The molecule has 0 aliphatic carbocycles. The minimum absolute atomic E-state index is 0.117. The second-order valence-electron chi connectivity index (χ2n) is 5.20. The Balaban J connectivity index is 1.63. The summed E-state index contributed by atoms with van der Waals surface area (Å²) in [6.07, 6.45) is 1.83. The van der Waals surface area contributed by atoms with E-state index in [1.165, 1.54) is 0 Å². The van der Waals surface area contributed by atoms with Crippen LogP contribution in [0.4, 0.5) is 0 Å². The largest absolute Gasteiger partial charge is 0.342 e. The Labute approximate surface area is 143 Å². The number of aromatic nitrogens is 4. The first-order valence-electron chi connectivity index (χ1n) is 7.57. The summed E-state index contributed by atoms with van der Waals surface area (Å²) in [6.45, 7) is 2.18. The Hall–Kier alpha value is -2.67. The second-order valence-corrected chi connectivity index (χ2v) is 5.61. The van der Waals surface area contributed by atoms with Crippen molar-refractivity contribution in [3.63, 3.8) is 0 Å². The van der Waals surface area contributed by atoms with Crippen molar-refractivity contribution in [1.82, 2.24) is 25.7 Å². The average molecular weight is 346 g/mol. The van der Waals surface area contributed by atoms with Crippen LogP contribution in [0.5, 0.6) is 0 Å². The molecule has 24 heavy (non-hydrogen) atoms. The van der Waals surface area contributed by atoms with Crippen LogP contribution in [0.3, 0.4) is 0 Å². The smallest absolute Gasteiger partial charge is 0.272 e. The van der Waals surface area contributed by atoms with Gasteiger partial charge in [-0.15, -0.1) is 0 Å². The molecule has 2 aromatic heterocycles. The van der Waals surface area contributed by atoms with Gasteiger partial charge in [0.15, 0.2) is 0 Å². The Morgan fingerprint density at radius 1 is 1.38 bits per heavy atom. The quantitative estimate of drug-likeness (QED) is 0.715. The van der Waals surface area contributed by atoms with Crippen LogP contribution in [0.25, 0.3) is 11.4 Å². The van der Waals surface area contributed by atoms with Crippen LogP contribution in [-0.2, 0) is 13.0 Å². The van der Waals surface area contributed by atoms with Gasteiger partial charge in [0.1, 0.15) is 5.69 Å². The molecule has 1 amide bonds. The normalized spacial score (nSPS) is 10.8. The predicted molar refractivity (Wildman–Crippen MR) is 88.5 cm³/mol. The summed E-state index contributed by atoms with van der Waals surface area (Å²) in [4.78, 5) is 16.3. The molecule has 3 rings (SSSR count). The Morgan fingerprint density at radius 3 is 3.00 bits per heavy atom. The molecule has 1 aromatic carbocycles. The van der Waals surface area contributed by atoms with Gasteiger partial charge in [-0.2, -0.15) is 10.1 Å². The third-order valence-corrected chi connectivity index (χ3v) is 3.70. The van der Waals surface area contributed by atoms with Crippen LogP contribution in [0.2, 0.25) is 5.02 Å². The number of nitrogens with zero attached hydrogens (tertiary/aromatic N) is 3. The second kappa shape index (κ2) is 7.27. The first-order chi connectivity index (χ1) is 11.7. The molecule has 0 unspecified atom stereocenters. The number of nitrogens with one attached hydrogen (secondary N) is 2. The van der Waals surface area contributed by atoms with Gasteiger partial charge in [-0.3, -0.25) is 9.89 Å². The van der Waals surface area contributed by atoms with Crippen molar-refractivity contribution in [3.05, 3.63) is 52.6 Å². The highest BCUT2D eigenvalue weighted by Crippen LogP contribution is 2.24. The number of hydrogen-bond acceptors (Lipinski definition) is 5. The van der Waals surface area contributed by atoms with E-state index in [0.29, 0.717) is 28.0 Å². The van der Waals surface area contributed by atoms with E-state index in [0.717, 1.165) is 18.5 Å². The zero-order chi connectivity index (χ0) is 16.9. The van der Waals surface area contributed by atoms with E-state index in [-0.39, 0.29) is 12.5 Å². The van der Waals surface area contributed by atoms with Crippen molar-refractivity contribution in [2.45, 2.75) is 26.3 Å². The third-order valence-electron chi connectivity index (χ3n) is 3.37. The van der Waals surface area contributed by atoms with Crippen LogP contribution in [0.1, 0.15) is 35.4 Å². The van der Waals surface area contributed by atoms with E-state index in [9.17, 15) is 4.79 Å². The topological polar surface area (TPSA) is 96.7 Å². The third kappa shape index (κ3) is 3.62. The van der Waals surface area contributed by atoms with Crippen LogP contribution in [0, 0.1) is 0 Å². The Morgan fingerprint density at radius 2 is 2.21 bits per heavy atom. The molecule has 7 nitrogen and oxygen atoms in total. The maximum Gasteiger partial charge on any atom is 0.272 e. The minimum Gasteiger partial charge on any atom is -0.342 e. The van der Waals surface area contributed by atoms with Gasteiger partial charge < -0.3 is 9.84 Å². The van der Waals surface area contributed by atoms with E-state index < -0.39 is 0 Å². The lowest BCUT2D eigenvalue weighted by atomic mass is 10.2. The maximum atomic E-state index is 12.1. The van der Waals surface area contributed by atoms with Gasteiger partial charge in [-0.05, 0) is 24.6 Å². The summed E-state index contributed by atoms with van der Waals surface area (Å²) in [7, 11) is 0. The van der Waals surface area contributed by atoms with E-state index in [2.05, 4.69) is 32.6 Å². The molecule has 2 heterocycles. The van der Waals surface area contributed by atoms with E-state index in [1.807, 2.05) is 12.1 Å². The van der Waals surface area contributed by atoms with Gasteiger partial charge in [-0.25, -0.2) is 0 Å². The highest BCUT2D eigenvalue weighted by molar-refractivity contribution is 6.33. The van der Waals surface area contributed by atoms with Gasteiger partial charge in [0, 0.05) is 11.3 Å². The molecule has 0 bridgehead atoms. The highest BCUT2D eigenvalue weighted by Gasteiger charge is 2.14. The molecular formula is C16H16ClN5O2. The van der Waals surface area contributed by atoms with Crippen molar-refractivity contribution < 1.29 is 9.32 Å². The molecular weight excluding hydrogens is 330 g/mol. The van der Waals surface area contributed by atoms with E-state index >= 15 is 0 Å². The summed E-state index contributed by atoms with van der Waals surface area (Å²) in [5.74, 6) is 0.378. The maximum absolute atomic E-state index is 12.1. The molecule has 0 saturated heterocycles. The molecule has 0 fully saturated rings. The molecule has 8 heteroatoms. The number of H-pyrrole nitrogens is 1. The molecule has 3 aromatic rings. The lowest BCUT2D eigenvalue weighted by Crippen LogP contribution is -2.23. The fraction of sp³-hybridized carbons (Fsp3) is 0.250. The van der Waals surface area contributed by atoms with Crippen LogP contribution in [-0.4, -0.2) is 26.2 Å². The molecule has 2 N–H and O–H groups in total. The van der Waals surface area contributed by atoms with Crippen molar-refractivity contribution in [2.75, 3.05) is 0 Å². The monoisotopic (exact) mass is 345 g/mol. The molecule has 124 valence electrons. The Kier molecular flexibility index (Phi) is 4.90. The van der Waals surface area contributed by atoms with E-state index in [1.54, 1.807) is 18.2 Å². The first kappa shape index (κ1) is 16.2. The zero-order valence-corrected chi connectivity index (χ0v) is 13.8. The number of benzene rings is 1. The van der Waals surface area contributed by atoms with Crippen molar-refractivity contribution in [1.29, 1.82) is 0 Å². The SMILES string of the molecule is CCCc1cc(C(=O)NCc2nc(-c3ccccc3Cl)no2)n[nH]1. The number of aryl methyl sites for hydroxylation is 1. The minimum atomic E-state index is -0.300. The van der Waals surface area contributed by atoms with Gasteiger partial charge in [0.05, 0.1) is 11.6 Å². The Bertz CT molecular complexity index is 842. The summed E-state index contributed by atoms with van der Waals surface area (Å²) in [5, 5.41) is 13.9. The molecule has 0 spiro atoms. The van der Waals surface area contributed by atoms with Crippen molar-refractivity contribution in [2.24, 2.45) is 0 Å². The highest BCUT2D eigenvalue weighted by atomic mass is 35.5. The lowest BCUT2D eigenvalue weighted by molar-refractivity contribution is 0.0941. The number of halogens is 1. The number of amides is 1. The lowest BCUT2D eigenvalue weighted by Gasteiger charge is -1.98. The summed E-state index contributed by atoms with van der Waals surface area (Å²) >= 11 is 6.10. The molecule has 0 atom stereocenters. The summed E-state index contributed by atoms with van der Waals surface area (Å²) < 4.78 is 5.14. The predicted octanol–water partition coefficient (Wildman–Crippen LogP) is 3.00. The fourth-order valence-electron chi connectivity index (χ4n) is 2.20.